The summed E-state index contributed by atoms with van der Waals surface area (Å²) in [6.07, 6.45) is -1.17. The van der Waals surface area contributed by atoms with Crippen LogP contribution >= 0.6 is 0 Å². The van der Waals surface area contributed by atoms with Crippen molar-refractivity contribution in [2.24, 2.45) is 5.92 Å². The first-order valence-electron chi connectivity index (χ1n) is 6.92. The van der Waals surface area contributed by atoms with E-state index in [1.54, 1.807) is 6.07 Å². The smallest absolute Gasteiger partial charge is 0.394 e. The van der Waals surface area contributed by atoms with Crippen molar-refractivity contribution in [3.8, 4) is 0 Å². The lowest BCUT2D eigenvalue weighted by atomic mass is 9.77. The van der Waals surface area contributed by atoms with Crippen molar-refractivity contribution in [2.75, 3.05) is 11.9 Å². The summed E-state index contributed by atoms with van der Waals surface area (Å²) in [6.45, 7) is 1.98. The van der Waals surface area contributed by atoms with E-state index in [2.05, 4.69) is 12.2 Å². The third-order valence-electron chi connectivity index (χ3n) is 4.17. The summed E-state index contributed by atoms with van der Waals surface area (Å²) < 4.78 is 39.0. The van der Waals surface area contributed by atoms with Gasteiger partial charge in [0, 0.05) is 5.69 Å². The Hall–Kier alpha value is -1.23. The number of rotatable bonds is 3. The second-order valence-corrected chi connectivity index (χ2v) is 5.79. The minimum Gasteiger partial charge on any atom is -0.394 e. The van der Waals surface area contributed by atoms with Gasteiger partial charge in [0.15, 0.2) is 0 Å². The molecule has 2 nitrogen and oxygen atoms in total. The molecule has 1 aliphatic rings. The van der Waals surface area contributed by atoms with E-state index in [-0.39, 0.29) is 12.3 Å². The molecule has 0 amide bonds. The molecule has 1 saturated carbocycles. The summed E-state index contributed by atoms with van der Waals surface area (Å²) in [6, 6.07) is 5.45. The minimum atomic E-state index is -4.39. The van der Waals surface area contributed by atoms with Gasteiger partial charge in [-0.15, -0.1) is 0 Å². The molecule has 0 saturated heterocycles. The molecule has 0 atom stereocenters. The van der Waals surface area contributed by atoms with Crippen LogP contribution in [0.25, 0.3) is 0 Å². The van der Waals surface area contributed by atoms with E-state index >= 15 is 0 Å². The van der Waals surface area contributed by atoms with Gasteiger partial charge in [0.2, 0.25) is 0 Å². The molecule has 0 aromatic heterocycles. The van der Waals surface area contributed by atoms with Crippen LogP contribution in [0.5, 0.6) is 0 Å². The van der Waals surface area contributed by atoms with Crippen molar-refractivity contribution < 1.29 is 18.3 Å². The average Bonchev–Trinajstić information content (AvgIpc) is 2.41. The summed E-state index contributed by atoms with van der Waals surface area (Å²) in [4.78, 5) is 0. The number of hydrogen-bond acceptors (Lipinski definition) is 2. The molecule has 1 aromatic carbocycles. The number of alkyl halides is 3. The van der Waals surface area contributed by atoms with E-state index in [1.807, 2.05) is 0 Å². The van der Waals surface area contributed by atoms with Gasteiger partial charge in [0.1, 0.15) is 0 Å². The van der Waals surface area contributed by atoms with Crippen molar-refractivity contribution in [1.29, 1.82) is 0 Å². The first-order chi connectivity index (χ1) is 9.36. The third-order valence-corrected chi connectivity index (χ3v) is 4.17. The van der Waals surface area contributed by atoms with Crippen molar-refractivity contribution in [1.82, 2.24) is 0 Å². The standard InChI is InChI=1S/C15H20F3NO/c1-11-6-8-14(10-20,9-7-11)19-13-5-3-2-4-12(13)15(16,17)18/h2-5,11,19-20H,6-10H2,1H3. The van der Waals surface area contributed by atoms with Crippen LogP contribution in [-0.4, -0.2) is 17.3 Å². The van der Waals surface area contributed by atoms with Gasteiger partial charge in [-0.05, 0) is 43.7 Å². The highest BCUT2D eigenvalue weighted by Crippen LogP contribution is 2.39. The second-order valence-electron chi connectivity index (χ2n) is 5.79. The number of hydrogen-bond donors (Lipinski definition) is 2. The van der Waals surface area contributed by atoms with Crippen molar-refractivity contribution in [2.45, 2.75) is 44.3 Å². The van der Waals surface area contributed by atoms with Crippen LogP contribution in [0, 0.1) is 5.92 Å². The molecule has 0 spiro atoms. The number of nitrogens with one attached hydrogen (secondary N) is 1. The van der Waals surface area contributed by atoms with Gasteiger partial charge < -0.3 is 10.4 Å². The van der Waals surface area contributed by atoms with Gasteiger partial charge >= 0.3 is 6.18 Å². The highest BCUT2D eigenvalue weighted by molar-refractivity contribution is 5.54. The normalized spacial score (nSPS) is 27.4. The zero-order valence-corrected chi connectivity index (χ0v) is 11.5. The molecule has 5 heteroatoms. The summed E-state index contributed by atoms with van der Waals surface area (Å²) in [5.74, 6) is 0.564. The largest absolute Gasteiger partial charge is 0.418 e. The quantitative estimate of drug-likeness (QED) is 0.878. The Morgan fingerprint density at radius 1 is 1.25 bits per heavy atom. The molecule has 2 rings (SSSR count). The first-order valence-corrected chi connectivity index (χ1v) is 6.92. The predicted octanol–water partition coefficient (Wildman–Crippen LogP) is 4.06. The number of aliphatic hydroxyl groups excluding tert-OH is 1. The van der Waals surface area contributed by atoms with E-state index in [4.69, 9.17) is 0 Å². The first kappa shape index (κ1) is 15.2. The Morgan fingerprint density at radius 2 is 1.85 bits per heavy atom. The fourth-order valence-electron chi connectivity index (χ4n) is 2.76. The number of para-hydroxylation sites is 1. The summed E-state index contributed by atoms with van der Waals surface area (Å²) >= 11 is 0. The number of halogens is 3. The average molecular weight is 287 g/mol. The molecule has 112 valence electrons. The maximum atomic E-state index is 13.0. The second kappa shape index (κ2) is 5.64. The van der Waals surface area contributed by atoms with E-state index in [0.29, 0.717) is 18.8 Å². The lowest BCUT2D eigenvalue weighted by Gasteiger charge is -2.40. The molecule has 0 bridgehead atoms. The van der Waals surface area contributed by atoms with Gasteiger partial charge in [-0.2, -0.15) is 13.2 Å². The molecular weight excluding hydrogens is 267 g/mol. The Labute approximate surface area is 117 Å². The molecule has 20 heavy (non-hydrogen) atoms. The van der Waals surface area contributed by atoms with Crippen molar-refractivity contribution >= 4 is 5.69 Å². The van der Waals surface area contributed by atoms with Gasteiger partial charge in [-0.3, -0.25) is 0 Å². The van der Waals surface area contributed by atoms with Gasteiger partial charge in [0.25, 0.3) is 0 Å². The Morgan fingerprint density at radius 3 is 2.40 bits per heavy atom. The molecule has 1 fully saturated rings. The summed E-state index contributed by atoms with van der Waals surface area (Å²) in [5, 5.41) is 12.6. The number of anilines is 1. The van der Waals surface area contributed by atoms with Gasteiger partial charge in [0.05, 0.1) is 17.7 Å². The lowest BCUT2D eigenvalue weighted by Crippen LogP contribution is -2.45. The van der Waals surface area contributed by atoms with Crippen LogP contribution in [0.2, 0.25) is 0 Å². The summed E-state index contributed by atoms with van der Waals surface area (Å²) in [5.41, 5.74) is -1.25. The zero-order valence-electron chi connectivity index (χ0n) is 11.5. The Kier molecular flexibility index (Phi) is 4.28. The fourth-order valence-corrected chi connectivity index (χ4v) is 2.76. The van der Waals surface area contributed by atoms with Crippen LogP contribution in [0.1, 0.15) is 38.2 Å². The monoisotopic (exact) mass is 287 g/mol. The molecule has 2 N–H and O–H groups in total. The van der Waals surface area contributed by atoms with Crippen LogP contribution in [0.4, 0.5) is 18.9 Å². The van der Waals surface area contributed by atoms with E-state index < -0.39 is 17.3 Å². The predicted molar refractivity (Wildman–Crippen MR) is 72.5 cm³/mol. The van der Waals surface area contributed by atoms with E-state index in [0.717, 1.165) is 18.9 Å². The highest BCUT2D eigenvalue weighted by atomic mass is 19.4. The lowest BCUT2D eigenvalue weighted by molar-refractivity contribution is -0.137. The van der Waals surface area contributed by atoms with Crippen molar-refractivity contribution in [3.63, 3.8) is 0 Å². The number of benzene rings is 1. The fraction of sp³-hybridized carbons (Fsp3) is 0.600. The molecule has 0 radical (unpaired) electrons. The third kappa shape index (κ3) is 3.26. The van der Waals surface area contributed by atoms with Crippen LogP contribution in [0.3, 0.4) is 0 Å². The minimum absolute atomic E-state index is 0.0589. The zero-order chi connectivity index (χ0) is 14.8. The van der Waals surface area contributed by atoms with Crippen LogP contribution in [0.15, 0.2) is 24.3 Å². The molecule has 0 aliphatic heterocycles. The molecule has 0 heterocycles. The molecule has 0 unspecified atom stereocenters. The Bertz CT molecular complexity index is 451. The highest BCUT2D eigenvalue weighted by Gasteiger charge is 2.38. The van der Waals surface area contributed by atoms with E-state index in [1.165, 1.54) is 12.1 Å². The molecular formula is C15H20F3NO. The SMILES string of the molecule is CC1CCC(CO)(Nc2ccccc2C(F)(F)F)CC1. The van der Waals surface area contributed by atoms with E-state index in [9.17, 15) is 18.3 Å². The topological polar surface area (TPSA) is 32.3 Å². The van der Waals surface area contributed by atoms with Gasteiger partial charge in [-0.25, -0.2) is 0 Å². The molecule has 1 aliphatic carbocycles. The maximum absolute atomic E-state index is 13.0. The number of aliphatic hydroxyl groups is 1. The summed E-state index contributed by atoms with van der Waals surface area (Å²) in [7, 11) is 0. The molecule has 1 aromatic rings. The van der Waals surface area contributed by atoms with Crippen LogP contribution in [-0.2, 0) is 6.18 Å². The van der Waals surface area contributed by atoms with Crippen molar-refractivity contribution in [3.05, 3.63) is 29.8 Å². The van der Waals surface area contributed by atoms with Crippen LogP contribution < -0.4 is 5.32 Å². The maximum Gasteiger partial charge on any atom is 0.418 e. The Balaban J connectivity index is 2.24. The van der Waals surface area contributed by atoms with Gasteiger partial charge in [-0.1, -0.05) is 19.1 Å².